The van der Waals surface area contributed by atoms with E-state index in [0.717, 1.165) is 56.3 Å². The summed E-state index contributed by atoms with van der Waals surface area (Å²) in [5.41, 5.74) is 0. The fraction of sp³-hybridized carbons (Fsp3) is 0.861. The fourth-order valence-electron chi connectivity index (χ4n) is 6.07. The Hall–Kier alpha value is -1.89. The summed E-state index contributed by atoms with van der Waals surface area (Å²) in [5, 5.41) is 27.2. The molecule has 0 heterocycles. The van der Waals surface area contributed by atoms with Crippen molar-refractivity contribution in [1.82, 2.24) is 0 Å². The minimum atomic E-state index is -0.768. The van der Waals surface area contributed by atoms with E-state index in [1.807, 2.05) is 0 Å². The molecule has 43 heavy (non-hydrogen) atoms. The lowest BCUT2D eigenvalue weighted by Gasteiger charge is -2.39. The molecule has 0 aliphatic heterocycles. The van der Waals surface area contributed by atoms with Gasteiger partial charge in [0.05, 0.1) is 26.2 Å². The monoisotopic (exact) mass is 611 g/mol. The SMILES string of the molecule is CCCCCCCCCC/C=C/CCCCCCCCC[N+](CCCCC(=O)O)(CCCCC(=O)O)CCCCC(=O)O. The predicted octanol–water partition coefficient (Wildman–Crippen LogP) is 9.78. The van der Waals surface area contributed by atoms with Gasteiger partial charge in [0.15, 0.2) is 0 Å². The van der Waals surface area contributed by atoms with E-state index in [0.29, 0.717) is 19.3 Å². The Morgan fingerprint density at radius 2 is 0.698 bits per heavy atom. The van der Waals surface area contributed by atoms with Crippen LogP contribution in [0.3, 0.4) is 0 Å². The van der Waals surface area contributed by atoms with Gasteiger partial charge in [-0.1, -0.05) is 89.7 Å². The molecule has 0 aliphatic rings. The Morgan fingerprint density at radius 1 is 0.419 bits per heavy atom. The van der Waals surface area contributed by atoms with Gasteiger partial charge in [-0.2, -0.15) is 0 Å². The summed E-state index contributed by atoms with van der Waals surface area (Å²) >= 11 is 0. The zero-order valence-corrected chi connectivity index (χ0v) is 27.9. The summed E-state index contributed by atoms with van der Waals surface area (Å²) < 4.78 is 0.865. The maximum absolute atomic E-state index is 11.0. The van der Waals surface area contributed by atoms with Crippen molar-refractivity contribution in [3.05, 3.63) is 12.2 Å². The lowest BCUT2D eigenvalue weighted by atomic mass is 10.1. The highest BCUT2D eigenvalue weighted by atomic mass is 16.4. The van der Waals surface area contributed by atoms with E-state index >= 15 is 0 Å². The zero-order valence-electron chi connectivity index (χ0n) is 27.9. The van der Waals surface area contributed by atoms with Gasteiger partial charge in [-0.25, -0.2) is 0 Å². The number of allylic oxidation sites excluding steroid dienone is 2. The molecule has 0 amide bonds. The molecule has 0 aromatic heterocycles. The topological polar surface area (TPSA) is 112 Å². The van der Waals surface area contributed by atoms with Crippen molar-refractivity contribution in [2.24, 2.45) is 0 Å². The van der Waals surface area contributed by atoms with E-state index in [1.54, 1.807) is 0 Å². The summed E-state index contributed by atoms with van der Waals surface area (Å²) in [6.07, 6.45) is 31.8. The second-order valence-corrected chi connectivity index (χ2v) is 12.8. The van der Waals surface area contributed by atoms with Gasteiger partial charge in [-0.3, -0.25) is 14.4 Å². The van der Waals surface area contributed by atoms with Crippen molar-refractivity contribution in [2.45, 2.75) is 174 Å². The van der Waals surface area contributed by atoms with Gasteiger partial charge >= 0.3 is 17.9 Å². The number of carbonyl (C=O) groups is 3. The maximum atomic E-state index is 11.0. The number of carboxylic acids is 3. The molecule has 0 rings (SSSR count). The molecule has 0 aliphatic carbocycles. The Labute approximate surface area is 264 Å². The fourth-order valence-corrected chi connectivity index (χ4v) is 6.07. The second-order valence-electron chi connectivity index (χ2n) is 12.8. The Morgan fingerprint density at radius 3 is 1.02 bits per heavy atom. The molecular weight excluding hydrogens is 542 g/mol. The molecule has 252 valence electrons. The van der Waals surface area contributed by atoms with E-state index in [4.69, 9.17) is 15.3 Å². The van der Waals surface area contributed by atoms with Gasteiger partial charge in [-0.15, -0.1) is 0 Å². The molecule has 7 heteroatoms. The van der Waals surface area contributed by atoms with Crippen LogP contribution in [0.5, 0.6) is 0 Å². The molecule has 7 nitrogen and oxygen atoms in total. The first kappa shape index (κ1) is 41.1. The predicted molar refractivity (Wildman–Crippen MR) is 177 cm³/mol. The molecule has 0 fully saturated rings. The second kappa shape index (κ2) is 30.1. The average molecular weight is 611 g/mol. The highest BCUT2D eigenvalue weighted by Gasteiger charge is 2.26. The number of hydrogen-bond donors (Lipinski definition) is 3. The van der Waals surface area contributed by atoms with Crippen LogP contribution in [-0.4, -0.2) is 63.9 Å². The van der Waals surface area contributed by atoms with Crippen molar-refractivity contribution >= 4 is 17.9 Å². The Kier molecular flexibility index (Phi) is 28.8. The number of hydrogen-bond acceptors (Lipinski definition) is 3. The summed E-state index contributed by atoms with van der Waals surface area (Å²) in [4.78, 5) is 33.0. The first-order valence-corrected chi connectivity index (χ1v) is 18.0. The molecule has 0 spiro atoms. The number of quaternary nitrogens is 1. The van der Waals surface area contributed by atoms with Gasteiger partial charge in [0.2, 0.25) is 0 Å². The summed E-state index contributed by atoms with van der Waals surface area (Å²) in [7, 11) is 0. The van der Waals surface area contributed by atoms with Crippen LogP contribution in [0.4, 0.5) is 0 Å². The standard InChI is InChI=1S/C36H67NO6/c1-2-3-4-5-6-7-8-9-10-11-12-13-14-15-16-17-18-19-23-30-37(31-24-20-27-34(38)39,32-25-21-28-35(40)41)33-26-22-29-36(42)43/h11-12H,2-10,13-33H2,1H3,(H2-,38,39,40,41,42,43)/p+1/b12-11+. The van der Waals surface area contributed by atoms with Crippen molar-refractivity contribution < 1.29 is 34.2 Å². The molecule has 0 saturated heterocycles. The minimum Gasteiger partial charge on any atom is -0.481 e. The van der Waals surface area contributed by atoms with Crippen LogP contribution in [0, 0.1) is 0 Å². The number of rotatable bonds is 34. The third kappa shape index (κ3) is 29.9. The van der Waals surface area contributed by atoms with Gasteiger partial charge in [0, 0.05) is 19.3 Å². The highest BCUT2D eigenvalue weighted by Crippen LogP contribution is 2.20. The third-order valence-electron chi connectivity index (χ3n) is 8.71. The van der Waals surface area contributed by atoms with Crippen LogP contribution in [0.25, 0.3) is 0 Å². The first-order chi connectivity index (χ1) is 20.8. The molecule has 0 atom stereocenters. The molecule has 0 aromatic carbocycles. The number of aliphatic carboxylic acids is 3. The smallest absolute Gasteiger partial charge is 0.303 e. The van der Waals surface area contributed by atoms with Crippen molar-refractivity contribution in [3.63, 3.8) is 0 Å². The highest BCUT2D eigenvalue weighted by molar-refractivity contribution is 5.67. The summed E-state index contributed by atoms with van der Waals surface area (Å²) in [6.45, 7) is 5.95. The third-order valence-corrected chi connectivity index (χ3v) is 8.71. The molecule has 3 N–H and O–H groups in total. The molecular formula is C36H68NO6+. The molecule has 0 aromatic rings. The van der Waals surface area contributed by atoms with Crippen molar-refractivity contribution in [2.75, 3.05) is 26.2 Å². The van der Waals surface area contributed by atoms with Gasteiger partial charge in [-0.05, 0) is 77.0 Å². The van der Waals surface area contributed by atoms with E-state index in [9.17, 15) is 14.4 Å². The van der Waals surface area contributed by atoms with E-state index in [1.165, 1.54) is 103 Å². The van der Waals surface area contributed by atoms with Gasteiger partial charge in [0.1, 0.15) is 0 Å². The maximum Gasteiger partial charge on any atom is 0.303 e. The quantitative estimate of drug-likeness (QED) is 0.0380. The first-order valence-electron chi connectivity index (χ1n) is 18.0. The van der Waals surface area contributed by atoms with E-state index < -0.39 is 17.9 Å². The molecule has 0 saturated carbocycles. The van der Waals surface area contributed by atoms with Crippen molar-refractivity contribution in [3.8, 4) is 0 Å². The molecule has 0 bridgehead atoms. The van der Waals surface area contributed by atoms with Crippen LogP contribution < -0.4 is 0 Å². The minimum absolute atomic E-state index is 0.174. The normalized spacial score (nSPS) is 11.8. The van der Waals surface area contributed by atoms with Crippen LogP contribution in [0.1, 0.15) is 174 Å². The number of unbranched alkanes of at least 4 members (excludes halogenated alkanes) is 18. The van der Waals surface area contributed by atoms with Gasteiger partial charge < -0.3 is 19.8 Å². The van der Waals surface area contributed by atoms with Crippen molar-refractivity contribution in [1.29, 1.82) is 0 Å². The van der Waals surface area contributed by atoms with Crippen LogP contribution >= 0.6 is 0 Å². The average Bonchev–Trinajstić information content (AvgIpc) is 2.96. The Bertz CT molecular complexity index is 653. The summed E-state index contributed by atoms with van der Waals surface area (Å²) in [5.74, 6) is -2.30. The largest absolute Gasteiger partial charge is 0.481 e. The number of carboxylic acid groups (broad SMARTS) is 3. The zero-order chi connectivity index (χ0) is 31.9. The van der Waals surface area contributed by atoms with Crippen LogP contribution in [0.15, 0.2) is 12.2 Å². The molecule has 0 unspecified atom stereocenters. The van der Waals surface area contributed by atoms with Crippen LogP contribution in [0.2, 0.25) is 0 Å². The lowest BCUT2D eigenvalue weighted by Crippen LogP contribution is -2.51. The van der Waals surface area contributed by atoms with Crippen LogP contribution in [-0.2, 0) is 14.4 Å². The van der Waals surface area contributed by atoms with E-state index in [2.05, 4.69) is 19.1 Å². The summed E-state index contributed by atoms with van der Waals surface area (Å²) in [6, 6.07) is 0. The number of nitrogens with zero attached hydrogens (tertiary/aromatic N) is 1. The van der Waals surface area contributed by atoms with E-state index in [-0.39, 0.29) is 19.3 Å². The molecule has 0 radical (unpaired) electrons. The lowest BCUT2D eigenvalue weighted by molar-refractivity contribution is -0.929. The van der Waals surface area contributed by atoms with Gasteiger partial charge in [0.25, 0.3) is 0 Å². The Balaban J connectivity index is 4.31.